The van der Waals surface area contributed by atoms with E-state index in [1.165, 1.54) is 30.7 Å². The summed E-state index contributed by atoms with van der Waals surface area (Å²) in [5, 5.41) is 5.90. The van der Waals surface area contributed by atoms with Crippen molar-refractivity contribution in [3.05, 3.63) is 65.0 Å². The van der Waals surface area contributed by atoms with Crippen molar-refractivity contribution in [2.75, 3.05) is 25.0 Å². The van der Waals surface area contributed by atoms with E-state index >= 15 is 0 Å². The molecule has 142 valence electrons. The zero-order valence-electron chi connectivity index (χ0n) is 15.6. The van der Waals surface area contributed by atoms with Gasteiger partial charge in [-0.3, -0.25) is 9.59 Å². The Bertz CT molecular complexity index is 836. The molecule has 1 aliphatic heterocycles. The number of aryl methyl sites for hydroxylation is 1. The maximum atomic E-state index is 14.4. The van der Waals surface area contributed by atoms with Crippen molar-refractivity contribution in [2.45, 2.75) is 26.3 Å². The summed E-state index contributed by atoms with van der Waals surface area (Å²) in [6, 6.07) is 12.1. The number of amides is 2. The molecule has 0 bridgehead atoms. The number of carbonyl (C=O) groups is 2. The van der Waals surface area contributed by atoms with Gasteiger partial charge in [-0.15, -0.1) is 0 Å². The van der Waals surface area contributed by atoms with E-state index in [1.807, 2.05) is 12.1 Å². The average Bonchev–Trinajstić information content (AvgIpc) is 2.68. The second-order valence-corrected chi connectivity index (χ2v) is 6.69. The second-order valence-electron chi connectivity index (χ2n) is 6.69. The van der Waals surface area contributed by atoms with E-state index in [4.69, 9.17) is 0 Å². The number of hydrogen-bond acceptors (Lipinski definition) is 3. The minimum Gasteiger partial charge on any atom is -0.329 e. The van der Waals surface area contributed by atoms with Crippen LogP contribution in [0.25, 0.3) is 0 Å². The summed E-state index contributed by atoms with van der Waals surface area (Å²) in [5.41, 5.74) is 2.63. The summed E-state index contributed by atoms with van der Waals surface area (Å²) < 4.78 is 14.4. The lowest BCUT2D eigenvalue weighted by Crippen LogP contribution is -2.48. The fourth-order valence-corrected chi connectivity index (χ4v) is 3.35. The molecule has 2 N–H and O–H groups in total. The first-order valence-electron chi connectivity index (χ1n) is 9.17. The number of halogens is 1. The first-order valence-corrected chi connectivity index (χ1v) is 9.17. The van der Waals surface area contributed by atoms with Crippen molar-refractivity contribution >= 4 is 17.5 Å². The van der Waals surface area contributed by atoms with Crippen LogP contribution in [0.1, 0.15) is 41.4 Å². The number of rotatable bonds is 4. The van der Waals surface area contributed by atoms with Gasteiger partial charge < -0.3 is 15.5 Å². The van der Waals surface area contributed by atoms with Crippen LogP contribution in [0.15, 0.2) is 42.5 Å². The molecule has 1 heterocycles. The summed E-state index contributed by atoms with van der Waals surface area (Å²) in [6.45, 7) is 5.23. The number of benzene rings is 2. The van der Waals surface area contributed by atoms with Gasteiger partial charge in [-0.2, -0.15) is 0 Å². The van der Waals surface area contributed by atoms with Crippen molar-refractivity contribution in [1.29, 1.82) is 0 Å². The highest BCUT2D eigenvalue weighted by Gasteiger charge is 2.30. The lowest BCUT2D eigenvalue weighted by atomic mass is 9.99. The monoisotopic (exact) mass is 369 g/mol. The Hall–Kier alpha value is -2.73. The molecule has 1 atom stereocenters. The Morgan fingerprint density at radius 3 is 2.63 bits per heavy atom. The van der Waals surface area contributed by atoms with Gasteiger partial charge in [0.2, 0.25) is 5.91 Å². The van der Waals surface area contributed by atoms with Crippen molar-refractivity contribution in [3.8, 4) is 0 Å². The van der Waals surface area contributed by atoms with Crippen molar-refractivity contribution < 1.29 is 14.0 Å². The van der Waals surface area contributed by atoms with Crippen LogP contribution < -0.4 is 10.6 Å². The zero-order chi connectivity index (χ0) is 19.4. The lowest BCUT2D eigenvalue weighted by Gasteiger charge is -2.36. The molecule has 0 aliphatic carbocycles. The number of nitrogens with zero attached hydrogens (tertiary/aromatic N) is 1. The standard InChI is InChI=1S/C21H24FN3O2/c1-3-15-4-6-16(7-5-15)20-13-23-10-11-25(20)21(27)18-12-17(24-14(2)26)8-9-19(18)22/h4-9,12,20,23H,3,10-11,13H2,1-2H3,(H,24,26). The minimum atomic E-state index is -0.590. The molecule has 2 aromatic carbocycles. The van der Waals surface area contributed by atoms with Crippen molar-refractivity contribution in [2.24, 2.45) is 0 Å². The first-order chi connectivity index (χ1) is 13.0. The average molecular weight is 369 g/mol. The van der Waals surface area contributed by atoms with Gasteiger partial charge in [0.15, 0.2) is 0 Å². The SMILES string of the molecule is CCc1ccc(C2CNCCN2C(=O)c2cc(NC(C)=O)ccc2F)cc1. The number of hydrogen-bond donors (Lipinski definition) is 2. The zero-order valence-corrected chi connectivity index (χ0v) is 15.6. The number of nitrogens with one attached hydrogen (secondary N) is 2. The van der Waals surface area contributed by atoms with E-state index in [1.54, 1.807) is 4.90 Å². The molecule has 1 unspecified atom stereocenters. The van der Waals surface area contributed by atoms with Gasteiger partial charge in [-0.1, -0.05) is 31.2 Å². The highest BCUT2D eigenvalue weighted by Crippen LogP contribution is 2.26. The maximum Gasteiger partial charge on any atom is 0.257 e. The molecule has 27 heavy (non-hydrogen) atoms. The third-order valence-electron chi connectivity index (χ3n) is 4.79. The predicted octanol–water partition coefficient (Wildman–Crippen LogP) is 3.13. The minimum absolute atomic E-state index is 0.0293. The van der Waals surface area contributed by atoms with Crippen LogP contribution in [0, 0.1) is 5.82 Å². The van der Waals surface area contributed by atoms with Crippen LogP contribution in [-0.2, 0) is 11.2 Å². The van der Waals surface area contributed by atoms with Crippen LogP contribution in [0.2, 0.25) is 0 Å². The fourth-order valence-electron chi connectivity index (χ4n) is 3.35. The number of piperazine rings is 1. The molecule has 0 aromatic heterocycles. The smallest absolute Gasteiger partial charge is 0.257 e. The molecule has 3 rings (SSSR count). The van der Waals surface area contributed by atoms with Gasteiger partial charge in [0.25, 0.3) is 5.91 Å². The third-order valence-corrected chi connectivity index (χ3v) is 4.79. The van der Waals surface area contributed by atoms with E-state index in [-0.39, 0.29) is 23.4 Å². The Balaban J connectivity index is 1.90. The Morgan fingerprint density at radius 2 is 1.96 bits per heavy atom. The number of carbonyl (C=O) groups excluding carboxylic acids is 2. The molecule has 6 heteroatoms. The van der Waals surface area contributed by atoms with Gasteiger partial charge in [0.05, 0.1) is 11.6 Å². The molecule has 2 amide bonds. The van der Waals surface area contributed by atoms with Gasteiger partial charge >= 0.3 is 0 Å². The van der Waals surface area contributed by atoms with Crippen molar-refractivity contribution in [3.63, 3.8) is 0 Å². The fraction of sp³-hybridized carbons (Fsp3) is 0.333. The Morgan fingerprint density at radius 1 is 1.22 bits per heavy atom. The van der Waals surface area contributed by atoms with Gasteiger partial charge in [0.1, 0.15) is 5.82 Å². The highest BCUT2D eigenvalue weighted by molar-refractivity contribution is 5.97. The molecular weight excluding hydrogens is 345 g/mol. The summed E-state index contributed by atoms with van der Waals surface area (Å²) in [6.07, 6.45) is 0.951. The Labute approximate surface area is 158 Å². The number of anilines is 1. The van der Waals surface area contributed by atoms with Gasteiger partial charge in [-0.25, -0.2) is 4.39 Å². The van der Waals surface area contributed by atoms with E-state index in [0.717, 1.165) is 12.0 Å². The molecule has 5 nitrogen and oxygen atoms in total. The quantitative estimate of drug-likeness (QED) is 0.870. The van der Waals surface area contributed by atoms with Crippen LogP contribution in [0.5, 0.6) is 0 Å². The lowest BCUT2D eigenvalue weighted by molar-refractivity contribution is -0.114. The van der Waals surface area contributed by atoms with Crippen LogP contribution in [-0.4, -0.2) is 36.3 Å². The van der Waals surface area contributed by atoms with Crippen LogP contribution in [0.4, 0.5) is 10.1 Å². The summed E-state index contributed by atoms with van der Waals surface area (Å²) in [5.74, 6) is -1.23. The Kier molecular flexibility index (Phi) is 5.86. The van der Waals surface area contributed by atoms with Crippen molar-refractivity contribution in [1.82, 2.24) is 10.2 Å². The normalized spacial score (nSPS) is 16.9. The molecule has 0 spiro atoms. The second kappa shape index (κ2) is 8.31. The summed E-state index contributed by atoms with van der Waals surface area (Å²) >= 11 is 0. The van der Waals surface area contributed by atoms with Gasteiger partial charge in [0, 0.05) is 32.2 Å². The van der Waals surface area contributed by atoms with E-state index in [9.17, 15) is 14.0 Å². The molecule has 1 aliphatic rings. The van der Waals surface area contributed by atoms with E-state index < -0.39 is 5.82 Å². The summed E-state index contributed by atoms with van der Waals surface area (Å²) in [7, 11) is 0. The largest absolute Gasteiger partial charge is 0.329 e. The highest BCUT2D eigenvalue weighted by atomic mass is 19.1. The topological polar surface area (TPSA) is 61.4 Å². The van der Waals surface area contributed by atoms with Crippen LogP contribution >= 0.6 is 0 Å². The van der Waals surface area contributed by atoms with Crippen LogP contribution in [0.3, 0.4) is 0 Å². The maximum absolute atomic E-state index is 14.4. The third kappa shape index (κ3) is 4.34. The molecule has 1 saturated heterocycles. The van der Waals surface area contributed by atoms with E-state index in [2.05, 4.69) is 29.7 Å². The molecule has 0 radical (unpaired) electrons. The molecular formula is C21H24FN3O2. The van der Waals surface area contributed by atoms with E-state index in [0.29, 0.717) is 25.3 Å². The summed E-state index contributed by atoms with van der Waals surface area (Å²) in [4.78, 5) is 26.1. The van der Waals surface area contributed by atoms with Gasteiger partial charge in [-0.05, 0) is 35.7 Å². The first kappa shape index (κ1) is 19.0. The molecule has 1 fully saturated rings. The molecule has 2 aromatic rings. The molecule has 0 saturated carbocycles. The predicted molar refractivity (Wildman–Crippen MR) is 103 cm³/mol.